The van der Waals surface area contributed by atoms with Crippen molar-refractivity contribution in [2.75, 3.05) is 11.4 Å². The van der Waals surface area contributed by atoms with Gasteiger partial charge in [0.2, 0.25) is 0 Å². The highest BCUT2D eigenvalue weighted by Crippen LogP contribution is 2.29. The normalized spacial score (nSPS) is 19.4. The predicted octanol–water partition coefficient (Wildman–Crippen LogP) is 3.57. The number of hydrogen-bond donors (Lipinski definition) is 0. The second kappa shape index (κ2) is 6.50. The van der Waals surface area contributed by atoms with Crippen LogP contribution in [0, 0.1) is 10.1 Å². The Morgan fingerprint density at radius 3 is 2.85 bits per heavy atom. The van der Waals surface area contributed by atoms with E-state index in [2.05, 4.69) is 11.8 Å². The van der Waals surface area contributed by atoms with E-state index in [-0.39, 0.29) is 11.3 Å². The number of rotatable bonds is 4. The van der Waals surface area contributed by atoms with Crippen molar-refractivity contribution in [3.63, 3.8) is 0 Å². The molecule has 1 aliphatic heterocycles. The quantitative estimate of drug-likeness (QED) is 0.479. The van der Waals surface area contributed by atoms with E-state index >= 15 is 0 Å². The van der Waals surface area contributed by atoms with Crippen LogP contribution in [0.3, 0.4) is 0 Å². The second-order valence-corrected chi connectivity index (χ2v) is 5.22. The van der Waals surface area contributed by atoms with E-state index in [4.69, 9.17) is 0 Å². The minimum Gasteiger partial charge on any atom is -0.369 e. The maximum Gasteiger partial charge on any atom is 0.280 e. The third kappa shape index (κ3) is 2.98. The van der Waals surface area contributed by atoms with Crippen molar-refractivity contribution in [1.29, 1.82) is 0 Å². The van der Waals surface area contributed by atoms with Gasteiger partial charge in [0.25, 0.3) is 5.69 Å². The number of nitro groups is 1. The van der Waals surface area contributed by atoms with Crippen LogP contribution in [0.2, 0.25) is 0 Å². The molecule has 1 aromatic rings. The molecule has 0 saturated carbocycles. The Labute approximate surface area is 118 Å². The summed E-state index contributed by atoms with van der Waals surface area (Å²) in [5, 5.41) is 10.9. The van der Waals surface area contributed by atoms with Crippen LogP contribution in [0.1, 0.15) is 49.4 Å². The number of nitrogens with zero attached hydrogens (tertiary/aromatic N) is 2. The number of nitro benzene ring substituents is 1. The van der Waals surface area contributed by atoms with Gasteiger partial charge in [0, 0.05) is 24.3 Å². The zero-order valence-electron chi connectivity index (χ0n) is 11.7. The molecule has 1 aliphatic rings. The van der Waals surface area contributed by atoms with Gasteiger partial charge in [-0.2, -0.15) is 0 Å². The first-order valence-corrected chi connectivity index (χ1v) is 7.17. The van der Waals surface area contributed by atoms with Crippen molar-refractivity contribution in [2.45, 2.75) is 45.1 Å². The molecule has 2 rings (SSSR count). The van der Waals surface area contributed by atoms with Crippen LogP contribution in [0.4, 0.5) is 11.4 Å². The van der Waals surface area contributed by atoms with E-state index in [1.165, 1.54) is 18.9 Å². The largest absolute Gasteiger partial charge is 0.369 e. The van der Waals surface area contributed by atoms with Gasteiger partial charge in [0.05, 0.1) is 10.5 Å². The lowest BCUT2D eigenvalue weighted by Crippen LogP contribution is -2.34. The zero-order valence-corrected chi connectivity index (χ0v) is 11.7. The molecule has 0 spiro atoms. The molecule has 5 nitrogen and oxygen atoms in total. The maximum atomic E-state index is 11.1. The lowest BCUT2D eigenvalue weighted by atomic mass is 10.1. The number of hydrogen-bond acceptors (Lipinski definition) is 4. The highest BCUT2D eigenvalue weighted by Gasteiger charge is 2.22. The van der Waals surface area contributed by atoms with E-state index in [0.717, 1.165) is 31.5 Å². The fourth-order valence-electron chi connectivity index (χ4n) is 2.92. The van der Waals surface area contributed by atoms with Gasteiger partial charge in [-0.3, -0.25) is 14.9 Å². The summed E-state index contributed by atoms with van der Waals surface area (Å²) in [6.45, 7) is 3.11. The van der Waals surface area contributed by atoms with E-state index in [9.17, 15) is 14.9 Å². The fraction of sp³-hybridized carbons (Fsp3) is 0.533. The van der Waals surface area contributed by atoms with Crippen molar-refractivity contribution in [2.24, 2.45) is 0 Å². The molecule has 108 valence electrons. The van der Waals surface area contributed by atoms with Crippen LogP contribution in [0.15, 0.2) is 18.2 Å². The van der Waals surface area contributed by atoms with Crippen molar-refractivity contribution < 1.29 is 9.72 Å². The highest BCUT2D eigenvalue weighted by molar-refractivity contribution is 5.83. The smallest absolute Gasteiger partial charge is 0.280 e. The number of carbonyl (C=O) groups excluding carboxylic acids is 1. The van der Waals surface area contributed by atoms with Crippen LogP contribution < -0.4 is 4.90 Å². The minimum absolute atomic E-state index is 0.119. The molecule has 1 atom stereocenters. The second-order valence-electron chi connectivity index (χ2n) is 5.22. The predicted molar refractivity (Wildman–Crippen MR) is 78.4 cm³/mol. The molecule has 0 radical (unpaired) electrons. The Morgan fingerprint density at radius 1 is 1.40 bits per heavy atom. The topological polar surface area (TPSA) is 63.4 Å². The SMILES string of the molecule is CCC1CCCCCN1c1ccc([N+](=O)[O-])c(C=O)c1. The van der Waals surface area contributed by atoms with Gasteiger partial charge in [-0.1, -0.05) is 19.8 Å². The third-order valence-corrected chi connectivity index (χ3v) is 4.01. The van der Waals surface area contributed by atoms with Gasteiger partial charge in [-0.05, 0) is 31.4 Å². The van der Waals surface area contributed by atoms with Crippen molar-refractivity contribution >= 4 is 17.7 Å². The Morgan fingerprint density at radius 2 is 2.20 bits per heavy atom. The molecule has 1 unspecified atom stereocenters. The molecule has 0 N–H and O–H groups in total. The molecular formula is C15H20N2O3. The third-order valence-electron chi connectivity index (χ3n) is 4.01. The molecule has 0 amide bonds. The van der Waals surface area contributed by atoms with Gasteiger partial charge in [0.15, 0.2) is 6.29 Å². The van der Waals surface area contributed by atoms with Crippen molar-refractivity contribution in [1.82, 2.24) is 0 Å². The van der Waals surface area contributed by atoms with E-state index in [1.54, 1.807) is 12.1 Å². The summed E-state index contributed by atoms with van der Waals surface area (Å²) in [5.74, 6) is 0. The summed E-state index contributed by atoms with van der Waals surface area (Å²) in [6, 6.07) is 5.31. The molecule has 0 aromatic heterocycles. The number of aldehydes is 1. The molecule has 20 heavy (non-hydrogen) atoms. The van der Waals surface area contributed by atoms with Gasteiger partial charge in [-0.25, -0.2) is 0 Å². The molecule has 1 heterocycles. The summed E-state index contributed by atoms with van der Waals surface area (Å²) in [7, 11) is 0. The number of anilines is 1. The standard InChI is InChI=1S/C15H20N2O3/c1-2-13-6-4-3-5-9-16(13)14-7-8-15(17(19)20)12(10-14)11-18/h7-8,10-11,13H,2-6,9H2,1H3. The summed E-state index contributed by atoms with van der Waals surface area (Å²) in [6.07, 6.45) is 6.34. The summed E-state index contributed by atoms with van der Waals surface area (Å²) in [5.41, 5.74) is 0.963. The fourth-order valence-corrected chi connectivity index (χ4v) is 2.92. The van der Waals surface area contributed by atoms with Gasteiger partial charge >= 0.3 is 0 Å². The molecule has 5 heteroatoms. The average molecular weight is 276 g/mol. The van der Waals surface area contributed by atoms with Crippen molar-refractivity contribution in [3.05, 3.63) is 33.9 Å². The highest BCUT2D eigenvalue weighted by atomic mass is 16.6. The number of benzene rings is 1. The van der Waals surface area contributed by atoms with Crippen LogP contribution in [-0.4, -0.2) is 23.8 Å². The summed E-state index contributed by atoms with van der Waals surface area (Å²) < 4.78 is 0. The van der Waals surface area contributed by atoms with E-state index in [1.807, 2.05) is 0 Å². The Balaban J connectivity index is 2.35. The monoisotopic (exact) mass is 276 g/mol. The average Bonchev–Trinajstić information content (AvgIpc) is 2.71. The molecule has 1 fully saturated rings. The first-order valence-electron chi connectivity index (χ1n) is 7.17. The first-order chi connectivity index (χ1) is 9.67. The van der Waals surface area contributed by atoms with Gasteiger partial charge in [0.1, 0.15) is 0 Å². The van der Waals surface area contributed by atoms with E-state index < -0.39 is 4.92 Å². The molecule has 0 bridgehead atoms. The molecule has 1 aromatic carbocycles. The summed E-state index contributed by atoms with van der Waals surface area (Å²) >= 11 is 0. The van der Waals surface area contributed by atoms with Crippen LogP contribution in [0.5, 0.6) is 0 Å². The first kappa shape index (κ1) is 14.5. The molecular weight excluding hydrogens is 256 g/mol. The van der Waals surface area contributed by atoms with Crippen LogP contribution >= 0.6 is 0 Å². The van der Waals surface area contributed by atoms with Gasteiger partial charge < -0.3 is 4.90 Å². The molecule has 0 aliphatic carbocycles. The van der Waals surface area contributed by atoms with Crippen LogP contribution in [-0.2, 0) is 0 Å². The summed E-state index contributed by atoms with van der Waals surface area (Å²) in [4.78, 5) is 23.7. The van der Waals surface area contributed by atoms with Gasteiger partial charge in [-0.15, -0.1) is 0 Å². The zero-order chi connectivity index (χ0) is 14.5. The Kier molecular flexibility index (Phi) is 4.71. The Hall–Kier alpha value is -1.91. The lowest BCUT2D eigenvalue weighted by molar-refractivity contribution is -0.385. The lowest BCUT2D eigenvalue weighted by Gasteiger charge is -2.31. The number of carbonyl (C=O) groups is 1. The molecule has 1 saturated heterocycles. The van der Waals surface area contributed by atoms with Crippen molar-refractivity contribution in [3.8, 4) is 0 Å². The maximum absolute atomic E-state index is 11.1. The Bertz CT molecular complexity index is 502. The minimum atomic E-state index is -0.507. The van der Waals surface area contributed by atoms with E-state index in [0.29, 0.717) is 12.3 Å². The van der Waals surface area contributed by atoms with Crippen LogP contribution in [0.25, 0.3) is 0 Å².